The fraction of sp³-hybridized carbons (Fsp3) is 0.182. The van der Waals surface area contributed by atoms with E-state index < -0.39 is 0 Å². The van der Waals surface area contributed by atoms with Crippen LogP contribution in [0.3, 0.4) is 0 Å². The SMILES string of the molecule is Cc1[nH]c2ccc(Cl)cc2c(=O)c1C. The summed E-state index contributed by atoms with van der Waals surface area (Å²) in [6, 6.07) is 5.29. The van der Waals surface area contributed by atoms with E-state index in [4.69, 9.17) is 11.6 Å². The summed E-state index contributed by atoms with van der Waals surface area (Å²) in [5.41, 5.74) is 2.55. The molecule has 2 aromatic rings. The number of rotatable bonds is 0. The smallest absolute Gasteiger partial charge is 0.192 e. The van der Waals surface area contributed by atoms with E-state index in [1.165, 1.54) is 0 Å². The zero-order valence-corrected chi connectivity index (χ0v) is 8.77. The Morgan fingerprint density at radius 1 is 1.29 bits per heavy atom. The Morgan fingerprint density at radius 2 is 2.00 bits per heavy atom. The molecule has 14 heavy (non-hydrogen) atoms. The zero-order valence-electron chi connectivity index (χ0n) is 8.02. The maximum absolute atomic E-state index is 11.8. The van der Waals surface area contributed by atoms with Crippen LogP contribution in [0, 0.1) is 13.8 Å². The Kier molecular flexibility index (Phi) is 2.08. The fourth-order valence-corrected chi connectivity index (χ4v) is 1.65. The molecule has 0 atom stereocenters. The molecule has 0 bridgehead atoms. The predicted molar refractivity (Wildman–Crippen MR) is 59.1 cm³/mol. The van der Waals surface area contributed by atoms with Crippen LogP contribution in [0.2, 0.25) is 5.02 Å². The first-order chi connectivity index (χ1) is 6.59. The summed E-state index contributed by atoms with van der Waals surface area (Å²) < 4.78 is 0. The highest BCUT2D eigenvalue weighted by Crippen LogP contribution is 2.16. The number of aryl methyl sites for hydroxylation is 1. The summed E-state index contributed by atoms with van der Waals surface area (Å²) in [4.78, 5) is 15.0. The van der Waals surface area contributed by atoms with Crippen molar-refractivity contribution in [1.82, 2.24) is 4.98 Å². The van der Waals surface area contributed by atoms with Crippen LogP contribution in [0.1, 0.15) is 11.3 Å². The molecule has 1 heterocycles. The van der Waals surface area contributed by atoms with Gasteiger partial charge in [-0.05, 0) is 32.0 Å². The molecule has 0 aliphatic rings. The summed E-state index contributed by atoms with van der Waals surface area (Å²) >= 11 is 5.83. The average molecular weight is 208 g/mol. The van der Waals surface area contributed by atoms with Gasteiger partial charge in [0.1, 0.15) is 0 Å². The first-order valence-electron chi connectivity index (χ1n) is 4.38. The van der Waals surface area contributed by atoms with Crippen LogP contribution in [0.4, 0.5) is 0 Å². The van der Waals surface area contributed by atoms with Gasteiger partial charge in [0.15, 0.2) is 5.43 Å². The van der Waals surface area contributed by atoms with Crippen LogP contribution in [0.25, 0.3) is 10.9 Å². The molecule has 2 rings (SSSR count). The highest BCUT2D eigenvalue weighted by Gasteiger charge is 2.04. The standard InChI is InChI=1S/C11H10ClNO/c1-6-7(2)13-10-4-3-8(12)5-9(10)11(6)14/h3-5H,1-2H3,(H,13,14). The molecule has 0 saturated heterocycles. The lowest BCUT2D eigenvalue weighted by Gasteiger charge is -2.03. The number of pyridine rings is 1. The molecule has 0 aliphatic heterocycles. The molecule has 0 amide bonds. The molecule has 1 aromatic heterocycles. The third-order valence-corrected chi connectivity index (χ3v) is 2.69. The molecule has 72 valence electrons. The number of H-pyrrole nitrogens is 1. The summed E-state index contributed by atoms with van der Waals surface area (Å²) in [5, 5.41) is 1.24. The van der Waals surface area contributed by atoms with Crippen LogP contribution in [-0.2, 0) is 0 Å². The Morgan fingerprint density at radius 3 is 2.71 bits per heavy atom. The zero-order chi connectivity index (χ0) is 10.3. The van der Waals surface area contributed by atoms with Crippen molar-refractivity contribution in [2.24, 2.45) is 0 Å². The molecular formula is C11H10ClNO. The lowest BCUT2D eigenvalue weighted by Crippen LogP contribution is -2.09. The van der Waals surface area contributed by atoms with Crippen molar-refractivity contribution in [3.05, 3.63) is 44.7 Å². The van der Waals surface area contributed by atoms with Gasteiger partial charge in [-0.1, -0.05) is 11.6 Å². The van der Waals surface area contributed by atoms with Crippen molar-refractivity contribution in [3.63, 3.8) is 0 Å². The van der Waals surface area contributed by atoms with Gasteiger partial charge in [0.05, 0.1) is 0 Å². The molecule has 1 aromatic carbocycles. The van der Waals surface area contributed by atoms with Gasteiger partial charge in [0, 0.05) is 27.2 Å². The van der Waals surface area contributed by atoms with Crippen molar-refractivity contribution in [2.45, 2.75) is 13.8 Å². The van der Waals surface area contributed by atoms with E-state index in [1.54, 1.807) is 12.1 Å². The Hall–Kier alpha value is -1.28. The second-order valence-corrected chi connectivity index (χ2v) is 3.83. The van der Waals surface area contributed by atoms with Crippen molar-refractivity contribution < 1.29 is 0 Å². The van der Waals surface area contributed by atoms with Gasteiger partial charge in [-0.3, -0.25) is 4.79 Å². The van der Waals surface area contributed by atoms with E-state index in [-0.39, 0.29) is 5.43 Å². The summed E-state index contributed by atoms with van der Waals surface area (Å²) in [6.07, 6.45) is 0. The van der Waals surface area contributed by atoms with Crippen LogP contribution in [-0.4, -0.2) is 4.98 Å². The number of benzene rings is 1. The molecular weight excluding hydrogens is 198 g/mol. The number of aromatic amines is 1. The van der Waals surface area contributed by atoms with Crippen LogP contribution in [0.5, 0.6) is 0 Å². The Labute approximate surface area is 86.5 Å². The lowest BCUT2D eigenvalue weighted by molar-refractivity contribution is 1.18. The van der Waals surface area contributed by atoms with Gasteiger partial charge in [0.25, 0.3) is 0 Å². The number of aromatic nitrogens is 1. The summed E-state index contributed by atoms with van der Waals surface area (Å²) in [6.45, 7) is 3.71. The first kappa shape index (κ1) is 9.28. The van der Waals surface area contributed by atoms with Crippen LogP contribution >= 0.6 is 11.6 Å². The van der Waals surface area contributed by atoms with Gasteiger partial charge in [0.2, 0.25) is 0 Å². The molecule has 0 aliphatic carbocycles. The van der Waals surface area contributed by atoms with E-state index in [0.717, 1.165) is 16.8 Å². The number of nitrogens with one attached hydrogen (secondary N) is 1. The molecule has 0 spiro atoms. The molecule has 0 fully saturated rings. The highest BCUT2D eigenvalue weighted by atomic mass is 35.5. The van der Waals surface area contributed by atoms with Gasteiger partial charge in [-0.25, -0.2) is 0 Å². The maximum Gasteiger partial charge on any atom is 0.192 e. The van der Waals surface area contributed by atoms with Crippen molar-refractivity contribution in [1.29, 1.82) is 0 Å². The average Bonchev–Trinajstić information content (AvgIpc) is 2.16. The van der Waals surface area contributed by atoms with Crippen LogP contribution < -0.4 is 5.43 Å². The fourth-order valence-electron chi connectivity index (χ4n) is 1.48. The minimum atomic E-state index is 0.0544. The van der Waals surface area contributed by atoms with Gasteiger partial charge in [-0.15, -0.1) is 0 Å². The second kappa shape index (κ2) is 3.14. The maximum atomic E-state index is 11.8. The molecule has 1 N–H and O–H groups in total. The number of hydrogen-bond donors (Lipinski definition) is 1. The molecule has 3 heteroatoms. The van der Waals surface area contributed by atoms with Crippen molar-refractivity contribution in [3.8, 4) is 0 Å². The molecule has 0 radical (unpaired) electrons. The Bertz CT molecular complexity index is 557. The number of halogens is 1. The van der Waals surface area contributed by atoms with Gasteiger partial charge < -0.3 is 4.98 Å². The number of fused-ring (bicyclic) bond motifs is 1. The third-order valence-electron chi connectivity index (χ3n) is 2.45. The quantitative estimate of drug-likeness (QED) is 0.708. The van der Waals surface area contributed by atoms with Gasteiger partial charge in [-0.2, -0.15) is 0 Å². The highest BCUT2D eigenvalue weighted by molar-refractivity contribution is 6.31. The topological polar surface area (TPSA) is 32.9 Å². The second-order valence-electron chi connectivity index (χ2n) is 3.39. The lowest BCUT2D eigenvalue weighted by atomic mass is 10.1. The van der Waals surface area contributed by atoms with Crippen molar-refractivity contribution >= 4 is 22.5 Å². The van der Waals surface area contributed by atoms with E-state index in [0.29, 0.717) is 10.4 Å². The normalized spacial score (nSPS) is 10.8. The first-order valence-corrected chi connectivity index (χ1v) is 4.76. The molecule has 0 saturated carbocycles. The molecule has 0 unspecified atom stereocenters. The monoisotopic (exact) mass is 207 g/mol. The van der Waals surface area contributed by atoms with Gasteiger partial charge >= 0.3 is 0 Å². The van der Waals surface area contributed by atoms with Crippen molar-refractivity contribution in [2.75, 3.05) is 0 Å². The number of hydrogen-bond acceptors (Lipinski definition) is 1. The van der Waals surface area contributed by atoms with E-state index in [1.807, 2.05) is 19.9 Å². The largest absolute Gasteiger partial charge is 0.358 e. The predicted octanol–water partition coefficient (Wildman–Crippen LogP) is 2.80. The van der Waals surface area contributed by atoms with E-state index >= 15 is 0 Å². The summed E-state index contributed by atoms with van der Waals surface area (Å²) in [7, 11) is 0. The van der Waals surface area contributed by atoms with Crippen LogP contribution in [0.15, 0.2) is 23.0 Å². The van der Waals surface area contributed by atoms with E-state index in [9.17, 15) is 4.79 Å². The minimum Gasteiger partial charge on any atom is -0.358 e. The summed E-state index contributed by atoms with van der Waals surface area (Å²) in [5.74, 6) is 0. The Balaban J connectivity index is 2.99. The minimum absolute atomic E-state index is 0.0544. The van der Waals surface area contributed by atoms with E-state index in [2.05, 4.69) is 4.98 Å². The molecule has 2 nitrogen and oxygen atoms in total. The third kappa shape index (κ3) is 1.32.